The normalized spacial score (nSPS) is 26.4. The van der Waals surface area contributed by atoms with Crippen LogP contribution in [0.1, 0.15) is 15.9 Å². The van der Waals surface area contributed by atoms with Crippen molar-refractivity contribution in [3.63, 3.8) is 0 Å². The van der Waals surface area contributed by atoms with Gasteiger partial charge in [0.2, 0.25) is 0 Å². The third-order valence-corrected chi connectivity index (χ3v) is 4.08. The molecule has 2 fully saturated rings. The van der Waals surface area contributed by atoms with Crippen LogP contribution in [0.15, 0.2) is 18.2 Å². The summed E-state index contributed by atoms with van der Waals surface area (Å²) < 4.78 is 13.2. The number of carbonyl (C=O) groups excluding carboxylic acids is 1. The number of likely N-dealkylation sites (tertiary alicyclic amines) is 1. The topological polar surface area (TPSA) is 32.3 Å². The number of hydrogen-bond donors (Lipinski definition) is 1. The number of carbonyl (C=O) groups is 1. The smallest absolute Gasteiger partial charge is 0.253 e. The maximum absolute atomic E-state index is 13.2. The minimum atomic E-state index is -0.256. The molecule has 0 bridgehead atoms. The van der Waals surface area contributed by atoms with Crippen LogP contribution >= 0.6 is 0 Å². The van der Waals surface area contributed by atoms with Crippen LogP contribution in [0.25, 0.3) is 0 Å². The van der Waals surface area contributed by atoms with Gasteiger partial charge in [0.05, 0.1) is 0 Å². The summed E-state index contributed by atoms with van der Waals surface area (Å²) >= 11 is 0. The molecule has 2 heterocycles. The maximum Gasteiger partial charge on any atom is 0.253 e. The molecule has 3 rings (SSSR count). The molecule has 0 spiro atoms. The highest BCUT2D eigenvalue weighted by Gasteiger charge is 2.38. The van der Waals surface area contributed by atoms with Gasteiger partial charge in [-0.15, -0.1) is 0 Å². The summed E-state index contributed by atoms with van der Waals surface area (Å²) in [5.74, 6) is 0.965. The van der Waals surface area contributed by atoms with Gasteiger partial charge < -0.3 is 10.2 Å². The van der Waals surface area contributed by atoms with Crippen molar-refractivity contribution < 1.29 is 9.18 Å². The SMILES string of the molecule is Cc1cc(C(=O)N2C[C@H]3CNC[C@H]3C2)ccc1F. The van der Waals surface area contributed by atoms with Crippen molar-refractivity contribution >= 4 is 5.91 Å². The molecule has 1 aromatic carbocycles. The van der Waals surface area contributed by atoms with Crippen molar-refractivity contribution in [1.82, 2.24) is 10.2 Å². The second-order valence-corrected chi connectivity index (χ2v) is 5.35. The van der Waals surface area contributed by atoms with E-state index in [4.69, 9.17) is 0 Å². The van der Waals surface area contributed by atoms with Crippen LogP contribution in [-0.4, -0.2) is 37.0 Å². The molecule has 0 saturated carbocycles. The number of fused-ring (bicyclic) bond motifs is 1. The molecular formula is C14H17FN2O. The van der Waals surface area contributed by atoms with Crippen molar-refractivity contribution in [3.8, 4) is 0 Å². The largest absolute Gasteiger partial charge is 0.338 e. The number of benzene rings is 1. The van der Waals surface area contributed by atoms with Crippen molar-refractivity contribution in [3.05, 3.63) is 35.1 Å². The average molecular weight is 248 g/mol. The van der Waals surface area contributed by atoms with E-state index in [1.165, 1.54) is 6.07 Å². The molecule has 1 amide bonds. The summed E-state index contributed by atoms with van der Waals surface area (Å²) in [6.45, 7) is 5.36. The van der Waals surface area contributed by atoms with Crippen molar-refractivity contribution in [1.29, 1.82) is 0 Å². The molecule has 4 heteroatoms. The van der Waals surface area contributed by atoms with Crippen LogP contribution < -0.4 is 5.32 Å². The van der Waals surface area contributed by atoms with Crippen molar-refractivity contribution in [2.45, 2.75) is 6.92 Å². The van der Waals surface area contributed by atoms with Gasteiger partial charge in [-0.1, -0.05) is 0 Å². The molecule has 96 valence electrons. The van der Waals surface area contributed by atoms with Crippen LogP contribution in [0.5, 0.6) is 0 Å². The molecule has 0 aromatic heterocycles. The zero-order valence-corrected chi connectivity index (χ0v) is 10.4. The average Bonchev–Trinajstić information content (AvgIpc) is 2.92. The van der Waals surface area contributed by atoms with E-state index in [1.807, 2.05) is 4.90 Å². The van der Waals surface area contributed by atoms with Gasteiger partial charge in [0.15, 0.2) is 0 Å². The van der Waals surface area contributed by atoms with Gasteiger partial charge in [-0.05, 0) is 42.5 Å². The van der Waals surface area contributed by atoms with Gasteiger partial charge in [0.25, 0.3) is 5.91 Å². The Kier molecular flexibility index (Phi) is 2.82. The van der Waals surface area contributed by atoms with E-state index in [0.29, 0.717) is 23.0 Å². The molecular weight excluding hydrogens is 231 g/mol. The Morgan fingerprint density at radius 2 is 2.00 bits per heavy atom. The molecule has 0 aliphatic carbocycles. The van der Waals surface area contributed by atoms with Crippen LogP contribution in [0.3, 0.4) is 0 Å². The van der Waals surface area contributed by atoms with Crippen LogP contribution in [-0.2, 0) is 0 Å². The third-order valence-electron chi connectivity index (χ3n) is 4.08. The fraction of sp³-hybridized carbons (Fsp3) is 0.500. The van der Waals surface area contributed by atoms with Crippen LogP contribution in [0.4, 0.5) is 4.39 Å². The molecule has 2 saturated heterocycles. The van der Waals surface area contributed by atoms with E-state index in [1.54, 1.807) is 19.1 Å². The van der Waals surface area contributed by atoms with Crippen LogP contribution in [0, 0.1) is 24.6 Å². The lowest BCUT2D eigenvalue weighted by molar-refractivity contribution is 0.0781. The fourth-order valence-corrected chi connectivity index (χ4v) is 2.98. The lowest BCUT2D eigenvalue weighted by Crippen LogP contribution is -2.31. The molecule has 2 aliphatic heterocycles. The number of halogens is 1. The maximum atomic E-state index is 13.2. The van der Waals surface area contributed by atoms with Gasteiger partial charge in [0.1, 0.15) is 5.82 Å². The number of nitrogens with one attached hydrogen (secondary N) is 1. The molecule has 18 heavy (non-hydrogen) atoms. The Balaban J connectivity index is 1.77. The van der Waals surface area contributed by atoms with Gasteiger partial charge in [0, 0.05) is 31.7 Å². The number of nitrogens with zero attached hydrogens (tertiary/aromatic N) is 1. The number of rotatable bonds is 1. The Labute approximate surface area is 106 Å². The molecule has 2 aliphatic rings. The van der Waals surface area contributed by atoms with Gasteiger partial charge in [-0.2, -0.15) is 0 Å². The third kappa shape index (κ3) is 1.90. The quantitative estimate of drug-likeness (QED) is 0.815. The Morgan fingerprint density at radius 3 is 2.61 bits per heavy atom. The van der Waals surface area contributed by atoms with Crippen molar-refractivity contribution in [2.75, 3.05) is 26.2 Å². The number of amides is 1. The van der Waals surface area contributed by atoms with E-state index in [-0.39, 0.29) is 11.7 Å². The zero-order chi connectivity index (χ0) is 12.7. The van der Waals surface area contributed by atoms with E-state index in [2.05, 4.69) is 5.32 Å². The number of aryl methyl sites for hydroxylation is 1. The van der Waals surface area contributed by atoms with E-state index in [0.717, 1.165) is 26.2 Å². The van der Waals surface area contributed by atoms with E-state index >= 15 is 0 Å². The fourth-order valence-electron chi connectivity index (χ4n) is 2.98. The molecule has 1 N–H and O–H groups in total. The highest BCUT2D eigenvalue weighted by molar-refractivity contribution is 5.94. The van der Waals surface area contributed by atoms with E-state index < -0.39 is 0 Å². The molecule has 0 unspecified atom stereocenters. The minimum absolute atomic E-state index is 0.0347. The summed E-state index contributed by atoms with van der Waals surface area (Å²) in [5.41, 5.74) is 1.13. The summed E-state index contributed by atoms with van der Waals surface area (Å²) in [6, 6.07) is 4.60. The number of hydrogen-bond acceptors (Lipinski definition) is 2. The lowest BCUT2D eigenvalue weighted by atomic mass is 10.0. The zero-order valence-electron chi connectivity index (χ0n) is 10.4. The highest BCUT2D eigenvalue weighted by atomic mass is 19.1. The molecule has 2 atom stereocenters. The Hall–Kier alpha value is -1.42. The lowest BCUT2D eigenvalue weighted by Gasteiger charge is -2.17. The molecule has 3 nitrogen and oxygen atoms in total. The first-order valence-corrected chi connectivity index (χ1v) is 6.41. The second kappa shape index (κ2) is 4.35. The summed E-state index contributed by atoms with van der Waals surface area (Å²) in [5, 5.41) is 3.35. The first kappa shape index (κ1) is 11.7. The minimum Gasteiger partial charge on any atom is -0.338 e. The molecule has 1 aromatic rings. The highest BCUT2D eigenvalue weighted by Crippen LogP contribution is 2.27. The summed E-state index contributed by atoms with van der Waals surface area (Å²) in [4.78, 5) is 14.2. The van der Waals surface area contributed by atoms with Gasteiger partial charge >= 0.3 is 0 Å². The predicted molar refractivity (Wildman–Crippen MR) is 66.9 cm³/mol. The standard InChI is InChI=1S/C14H17FN2O/c1-9-4-10(2-3-13(9)15)14(18)17-7-11-5-16-6-12(11)8-17/h2-4,11-12,16H,5-8H2,1H3/t11-,12+. The summed E-state index contributed by atoms with van der Waals surface area (Å²) in [7, 11) is 0. The first-order valence-electron chi connectivity index (χ1n) is 6.41. The molecule has 0 radical (unpaired) electrons. The van der Waals surface area contributed by atoms with Gasteiger partial charge in [-0.3, -0.25) is 4.79 Å². The van der Waals surface area contributed by atoms with E-state index in [9.17, 15) is 9.18 Å². The summed E-state index contributed by atoms with van der Waals surface area (Å²) in [6.07, 6.45) is 0. The predicted octanol–water partition coefficient (Wildman–Crippen LogP) is 1.43. The van der Waals surface area contributed by atoms with Crippen molar-refractivity contribution in [2.24, 2.45) is 11.8 Å². The van der Waals surface area contributed by atoms with Gasteiger partial charge in [-0.25, -0.2) is 4.39 Å². The monoisotopic (exact) mass is 248 g/mol. The second-order valence-electron chi connectivity index (χ2n) is 5.35. The first-order chi connectivity index (χ1) is 8.65. The Morgan fingerprint density at radius 1 is 1.33 bits per heavy atom. The van der Waals surface area contributed by atoms with Crippen LogP contribution in [0.2, 0.25) is 0 Å². The Bertz CT molecular complexity index is 477.